The highest BCUT2D eigenvalue weighted by molar-refractivity contribution is 7.11. The van der Waals surface area contributed by atoms with Gasteiger partial charge in [0, 0.05) is 41.6 Å². The van der Waals surface area contributed by atoms with Crippen molar-refractivity contribution in [3.05, 3.63) is 27.4 Å². The van der Waals surface area contributed by atoms with Crippen LogP contribution in [0.4, 0.5) is 0 Å². The summed E-state index contributed by atoms with van der Waals surface area (Å²) in [5.41, 5.74) is 0.585. The van der Waals surface area contributed by atoms with E-state index in [0.29, 0.717) is 31.4 Å². The van der Waals surface area contributed by atoms with Crippen molar-refractivity contribution in [2.24, 2.45) is 5.16 Å². The number of aliphatic hydroxyl groups is 1. The summed E-state index contributed by atoms with van der Waals surface area (Å²) >= 11 is 1.60. The molecule has 1 atom stereocenters. The van der Waals surface area contributed by atoms with Crippen LogP contribution in [0, 0.1) is 6.92 Å². The molecule has 0 amide bonds. The van der Waals surface area contributed by atoms with Crippen LogP contribution < -0.4 is 0 Å². The zero-order valence-electron chi connectivity index (χ0n) is 13.0. The van der Waals surface area contributed by atoms with Gasteiger partial charge in [0.05, 0.1) is 10.8 Å². The quantitative estimate of drug-likeness (QED) is 0.469. The van der Waals surface area contributed by atoms with Crippen molar-refractivity contribution < 1.29 is 14.7 Å². The number of ketones is 1. The summed E-state index contributed by atoms with van der Waals surface area (Å²) in [6.45, 7) is 4.38. The lowest BCUT2D eigenvalue weighted by atomic mass is 9.84. The second-order valence-electron chi connectivity index (χ2n) is 5.33. The van der Waals surface area contributed by atoms with Crippen LogP contribution in [0.3, 0.4) is 0 Å². The van der Waals surface area contributed by atoms with Crippen LogP contribution in [0.1, 0.15) is 54.8 Å². The van der Waals surface area contributed by atoms with E-state index in [1.54, 1.807) is 17.6 Å². The van der Waals surface area contributed by atoms with E-state index in [-0.39, 0.29) is 17.5 Å². The first-order valence-corrected chi connectivity index (χ1v) is 8.43. The fourth-order valence-electron chi connectivity index (χ4n) is 2.54. The smallest absolute Gasteiger partial charge is 0.162 e. The van der Waals surface area contributed by atoms with Gasteiger partial charge in [0.2, 0.25) is 0 Å². The van der Waals surface area contributed by atoms with E-state index in [0.717, 1.165) is 22.7 Å². The highest BCUT2D eigenvalue weighted by Crippen LogP contribution is 2.37. The Labute approximate surface area is 134 Å². The van der Waals surface area contributed by atoms with E-state index < -0.39 is 0 Å². The lowest BCUT2D eigenvalue weighted by Gasteiger charge is -2.22. The molecule has 0 radical (unpaired) electrons. The van der Waals surface area contributed by atoms with Crippen molar-refractivity contribution in [1.29, 1.82) is 0 Å². The minimum atomic E-state index is 0.0570. The van der Waals surface area contributed by atoms with Gasteiger partial charge in [-0.1, -0.05) is 5.16 Å². The number of allylic oxidation sites excluding steroid dienone is 2. The Kier molecular flexibility index (Phi) is 6.12. The first-order chi connectivity index (χ1) is 10.6. The lowest BCUT2D eigenvalue weighted by Crippen LogP contribution is -2.18. The number of thiazole rings is 1. The minimum absolute atomic E-state index is 0.0570. The number of hydrogen-bond acceptors (Lipinski definition) is 6. The summed E-state index contributed by atoms with van der Waals surface area (Å²) in [7, 11) is 0. The Morgan fingerprint density at radius 2 is 2.36 bits per heavy atom. The van der Waals surface area contributed by atoms with Gasteiger partial charge in [-0.3, -0.25) is 4.79 Å². The fraction of sp³-hybridized carbons (Fsp3) is 0.562. The molecule has 0 bridgehead atoms. The van der Waals surface area contributed by atoms with Crippen LogP contribution in [0.2, 0.25) is 0 Å². The number of unbranched alkanes of at least 4 members (excludes halogenated alkanes) is 1. The first kappa shape index (κ1) is 16.7. The number of aryl methyl sites for hydroxylation is 1. The predicted molar refractivity (Wildman–Crippen MR) is 87.5 cm³/mol. The Morgan fingerprint density at radius 1 is 1.55 bits per heavy atom. The van der Waals surface area contributed by atoms with Crippen molar-refractivity contribution in [3.8, 4) is 0 Å². The third-order valence-corrected chi connectivity index (χ3v) is 4.71. The summed E-state index contributed by atoms with van der Waals surface area (Å²) in [4.78, 5) is 22.5. The maximum Gasteiger partial charge on any atom is 0.162 e. The number of oxime groups is 1. The van der Waals surface area contributed by atoms with Gasteiger partial charge in [-0.2, -0.15) is 0 Å². The molecule has 1 aliphatic rings. The van der Waals surface area contributed by atoms with Gasteiger partial charge in [0.1, 0.15) is 6.61 Å². The topological polar surface area (TPSA) is 71.8 Å². The highest BCUT2D eigenvalue weighted by Gasteiger charge is 2.29. The van der Waals surface area contributed by atoms with Gasteiger partial charge in [0.25, 0.3) is 0 Å². The Hall–Kier alpha value is -1.69. The molecule has 120 valence electrons. The van der Waals surface area contributed by atoms with Crippen LogP contribution in [0.15, 0.2) is 22.7 Å². The Bertz CT molecular complexity index is 578. The summed E-state index contributed by atoms with van der Waals surface area (Å²) in [5, 5.41) is 15.0. The van der Waals surface area contributed by atoms with Crippen molar-refractivity contribution in [2.75, 3.05) is 6.61 Å². The van der Waals surface area contributed by atoms with Crippen molar-refractivity contribution >= 4 is 23.3 Å². The van der Waals surface area contributed by atoms with Gasteiger partial charge in [0.15, 0.2) is 5.78 Å². The molecular formula is C16H22N2O3S. The molecule has 0 aromatic carbocycles. The Morgan fingerprint density at radius 3 is 3.00 bits per heavy atom. The molecule has 1 N–H and O–H groups in total. The third kappa shape index (κ3) is 4.40. The summed E-state index contributed by atoms with van der Waals surface area (Å²) in [6.07, 6.45) is 6.65. The number of nitrogens with zero attached hydrogens (tertiary/aromatic N) is 2. The van der Waals surface area contributed by atoms with Crippen molar-refractivity contribution in [1.82, 2.24) is 4.98 Å². The number of carbonyl (C=O) groups excluding carboxylic acids is 1. The zero-order valence-corrected chi connectivity index (χ0v) is 13.9. The summed E-state index contributed by atoms with van der Waals surface area (Å²) in [5.74, 6) is 0.373. The second-order valence-corrected chi connectivity index (χ2v) is 6.60. The number of rotatable bonds is 7. The number of aliphatic hydroxyl groups excluding tert-OH is 1. The van der Waals surface area contributed by atoms with Crippen LogP contribution in [-0.4, -0.2) is 28.7 Å². The average molecular weight is 322 g/mol. The SMILES string of the molecule is CCON=CCCCC1=C(O)CC(c2cnc(C)s2)CC1=O. The molecule has 5 nitrogen and oxygen atoms in total. The predicted octanol–water partition coefficient (Wildman–Crippen LogP) is 3.90. The maximum absolute atomic E-state index is 12.3. The molecule has 22 heavy (non-hydrogen) atoms. The third-order valence-electron chi connectivity index (χ3n) is 3.64. The molecule has 1 aliphatic carbocycles. The lowest BCUT2D eigenvalue weighted by molar-refractivity contribution is -0.116. The van der Waals surface area contributed by atoms with Crippen molar-refractivity contribution in [3.63, 3.8) is 0 Å². The van der Waals surface area contributed by atoms with E-state index in [4.69, 9.17) is 4.84 Å². The number of carbonyl (C=O) groups is 1. The van der Waals surface area contributed by atoms with E-state index in [9.17, 15) is 9.90 Å². The molecule has 0 spiro atoms. The van der Waals surface area contributed by atoms with Gasteiger partial charge in [-0.05, 0) is 33.1 Å². The van der Waals surface area contributed by atoms with E-state index in [1.807, 2.05) is 20.0 Å². The van der Waals surface area contributed by atoms with Crippen LogP contribution in [0.5, 0.6) is 0 Å². The fourth-order valence-corrected chi connectivity index (χ4v) is 3.42. The van der Waals surface area contributed by atoms with E-state index in [1.165, 1.54) is 0 Å². The standard InChI is InChI=1S/C16H22N2O3S/c1-3-21-18-7-5-4-6-13-14(19)8-12(9-15(13)20)16-10-17-11(2)22-16/h7,10,12,19H,3-6,8-9H2,1-2H3. The number of aromatic nitrogens is 1. The summed E-state index contributed by atoms with van der Waals surface area (Å²) < 4.78 is 0. The largest absolute Gasteiger partial charge is 0.512 e. The van der Waals surface area contributed by atoms with E-state index >= 15 is 0 Å². The van der Waals surface area contributed by atoms with Crippen LogP contribution >= 0.6 is 11.3 Å². The van der Waals surface area contributed by atoms with Crippen molar-refractivity contribution in [2.45, 2.75) is 51.9 Å². The van der Waals surface area contributed by atoms with Gasteiger partial charge in [-0.15, -0.1) is 11.3 Å². The summed E-state index contributed by atoms with van der Waals surface area (Å²) in [6, 6.07) is 0. The van der Waals surface area contributed by atoms with Crippen LogP contribution in [-0.2, 0) is 9.63 Å². The van der Waals surface area contributed by atoms with Crippen LogP contribution in [0.25, 0.3) is 0 Å². The average Bonchev–Trinajstić information content (AvgIpc) is 2.91. The molecule has 1 unspecified atom stereocenters. The normalized spacial score (nSPS) is 19.2. The van der Waals surface area contributed by atoms with Gasteiger partial charge < -0.3 is 9.94 Å². The molecule has 1 aromatic rings. The number of Topliss-reactive ketones (excluding diaryl/α,β-unsaturated/α-hetero) is 1. The van der Waals surface area contributed by atoms with Gasteiger partial charge in [-0.25, -0.2) is 4.98 Å². The van der Waals surface area contributed by atoms with Gasteiger partial charge >= 0.3 is 0 Å². The molecule has 2 rings (SSSR count). The maximum atomic E-state index is 12.3. The zero-order chi connectivity index (χ0) is 15.9. The highest BCUT2D eigenvalue weighted by atomic mass is 32.1. The molecular weight excluding hydrogens is 300 g/mol. The molecule has 1 heterocycles. The molecule has 0 aliphatic heterocycles. The molecule has 0 saturated heterocycles. The minimum Gasteiger partial charge on any atom is -0.512 e. The molecule has 0 saturated carbocycles. The second kappa shape index (κ2) is 8.08. The monoisotopic (exact) mass is 322 g/mol. The van der Waals surface area contributed by atoms with E-state index in [2.05, 4.69) is 10.1 Å². The number of hydrogen-bond donors (Lipinski definition) is 1. The Balaban J connectivity index is 1.91. The first-order valence-electron chi connectivity index (χ1n) is 7.62. The molecule has 6 heteroatoms. The molecule has 0 fully saturated rings. The molecule has 1 aromatic heterocycles.